The topological polar surface area (TPSA) is 26.0 Å². The third kappa shape index (κ3) is 2.66. The zero-order valence-electron chi connectivity index (χ0n) is 7.31. The quantitative estimate of drug-likeness (QED) is 0.576. The second kappa shape index (κ2) is 3.91. The zero-order valence-corrected chi connectivity index (χ0v) is 7.31. The van der Waals surface area contributed by atoms with Gasteiger partial charge in [-0.15, -0.1) is 6.58 Å². The summed E-state index contributed by atoms with van der Waals surface area (Å²) in [5, 5.41) is 0. The highest BCUT2D eigenvalue weighted by atomic mass is 14.7. The van der Waals surface area contributed by atoms with E-state index in [2.05, 4.69) is 6.58 Å². The van der Waals surface area contributed by atoms with Gasteiger partial charge in [-0.05, 0) is 12.8 Å². The fourth-order valence-corrected chi connectivity index (χ4v) is 1.77. The number of hydrogen-bond acceptors (Lipinski definition) is 1. The van der Waals surface area contributed by atoms with E-state index in [9.17, 15) is 0 Å². The lowest BCUT2D eigenvalue weighted by molar-refractivity contribution is 0.379. The maximum atomic E-state index is 6.11. The minimum absolute atomic E-state index is 0.0412. The Kier molecular flexibility index (Phi) is 3.13. The summed E-state index contributed by atoms with van der Waals surface area (Å²) in [5.41, 5.74) is 6.07. The van der Waals surface area contributed by atoms with Gasteiger partial charge in [-0.2, -0.15) is 0 Å². The van der Waals surface area contributed by atoms with Crippen molar-refractivity contribution in [3.8, 4) is 0 Å². The average molecular weight is 153 g/mol. The molecule has 0 bridgehead atoms. The molecule has 0 aromatic heterocycles. The predicted molar refractivity (Wildman–Crippen MR) is 49.4 cm³/mol. The van der Waals surface area contributed by atoms with Gasteiger partial charge in [0.2, 0.25) is 0 Å². The maximum absolute atomic E-state index is 6.11. The van der Waals surface area contributed by atoms with Gasteiger partial charge in [0, 0.05) is 5.54 Å². The molecule has 2 N–H and O–H groups in total. The smallest absolute Gasteiger partial charge is 0.0336 e. The first-order valence-corrected chi connectivity index (χ1v) is 4.69. The molecule has 1 aliphatic carbocycles. The molecule has 0 heterocycles. The van der Waals surface area contributed by atoms with Gasteiger partial charge in [-0.3, -0.25) is 0 Å². The van der Waals surface area contributed by atoms with Crippen LogP contribution >= 0.6 is 0 Å². The lowest BCUT2D eigenvalue weighted by Gasteiger charge is -2.27. The Morgan fingerprint density at radius 1 is 1.00 bits per heavy atom. The summed E-state index contributed by atoms with van der Waals surface area (Å²) in [7, 11) is 0. The fraction of sp³-hybridized carbons (Fsp3) is 0.800. The van der Waals surface area contributed by atoms with Gasteiger partial charge in [0.25, 0.3) is 0 Å². The molecule has 0 atom stereocenters. The molecule has 1 heteroatoms. The summed E-state index contributed by atoms with van der Waals surface area (Å²) in [4.78, 5) is 0. The van der Waals surface area contributed by atoms with Crippen LogP contribution in [-0.2, 0) is 0 Å². The third-order valence-electron chi connectivity index (χ3n) is 2.69. The Labute approximate surface area is 69.7 Å². The fourth-order valence-electron chi connectivity index (χ4n) is 1.77. The first kappa shape index (κ1) is 8.79. The third-order valence-corrected chi connectivity index (χ3v) is 2.69. The molecule has 0 spiro atoms. The van der Waals surface area contributed by atoms with Crippen molar-refractivity contribution >= 4 is 0 Å². The van der Waals surface area contributed by atoms with E-state index in [0.717, 1.165) is 12.8 Å². The van der Waals surface area contributed by atoms with Crippen molar-refractivity contribution < 1.29 is 0 Å². The largest absolute Gasteiger partial charge is 0.322 e. The highest BCUT2D eigenvalue weighted by Gasteiger charge is 2.20. The summed E-state index contributed by atoms with van der Waals surface area (Å²) < 4.78 is 0. The molecule has 1 saturated carbocycles. The summed E-state index contributed by atoms with van der Waals surface area (Å²) in [6.07, 6.45) is 10.9. The van der Waals surface area contributed by atoms with Crippen LogP contribution in [0.4, 0.5) is 0 Å². The molecule has 0 amide bonds. The Bertz CT molecular complexity index is 121. The van der Waals surface area contributed by atoms with Gasteiger partial charge >= 0.3 is 0 Å². The summed E-state index contributed by atoms with van der Waals surface area (Å²) in [5.74, 6) is 0. The molecule has 1 rings (SSSR count). The second-order valence-corrected chi connectivity index (χ2v) is 3.71. The zero-order chi connectivity index (χ0) is 8.16. The molecule has 0 aromatic carbocycles. The Morgan fingerprint density at radius 3 is 1.91 bits per heavy atom. The molecule has 11 heavy (non-hydrogen) atoms. The molecular weight excluding hydrogens is 134 g/mol. The van der Waals surface area contributed by atoms with Crippen LogP contribution in [0, 0.1) is 0 Å². The Balaban J connectivity index is 2.43. The van der Waals surface area contributed by atoms with Crippen LogP contribution in [0.1, 0.15) is 44.9 Å². The Morgan fingerprint density at radius 2 is 1.45 bits per heavy atom. The second-order valence-electron chi connectivity index (χ2n) is 3.71. The highest BCUT2D eigenvalue weighted by molar-refractivity contribution is 5.00. The van der Waals surface area contributed by atoms with Crippen molar-refractivity contribution in [3.63, 3.8) is 0 Å². The van der Waals surface area contributed by atoms with E-state index >= 15 is 0 Å². The van der Waals surface area contributed by atoms with Crippen molar-refractivity contribution in [1.29, 1.82) is 0 Å². The Hall–Kier alpha value is -0.300. The van der Waals surface area contributed by atoms with Crippen LogP contribution in [0.5, 0.6) is 0 Å². The molecule has 0 aliphatic heterocycles. The van der Waals surface area contributed by atoms with Crippen molar-refractivity contribution in [1.82, 2.24) is 0 Å². The first-order chi connectivity index (χ1) is 5.27. The van der Waals surface area contributed by atoms with Gasteiger partial charge in [-0.1, -0.05) is 38.2 Å². The minimum atomic E-state index is -0.0412. The van der Waals surface area contributed by atoms with Crippen molar-refractivity contribution in [2.45, 2.75) is 50.5 Å². The van der Waals surface area contributed by atoms with Gasteiger partial charge in [0.05, 0.1) is 0 Å². The van der Waals surface area contributed by atoms with E-state index in [0.29, 0.717) is 0 Å². The summed E-state index contributed by atoms with van der Waals surface area (Å²) in [6, 6.07) is 0. The van der Waals surface area contributed by atoms with Crippen molar-refractivity contribution in [2.75, 3.05) is 0 Å². The van der Waals surface area contributed by atoms with Gasteiger partial charge in [0.15, 0.2) is 0 Å². The maximum Gasteiger partial charge on any atom is 0.0336 e. The van der Waals surface area contributed by atoms with E-state index in [1.54, 1.807) is 0 Å². The van der Waals surface area contributed by atoms with E-state index in [4.69, 9.17) is 5.73 Å². The lowest BCUT2D eigenvalue weighted by Crippen LogP contribution is -2.37. The molecule has 0 unspecified atom stereocenters. The van der Waals surface area contributed by atoms with E-state index < -0.39 is 0 Å². The van der Waals surface area contributed by atoms with Gasteiger partial charge in [-0.25, -0.2) is 0 Å². The molecule has 1 fully saturated rings. The highest BCUT2D eigenvalue weighted by Crippen LogP contribution is 2.24. The first-order valence-electron chi connectivity index (χ1n) is 4.69. The molecule has 1 aliphatic rings. The summed E-state index contributed by atoms with van der Waals surface area (Å²) in [6.45, 7) is 3.80. The average Bonchev–Trinajstić information content (AvgIpc) is 1.98. The molecule has 0 saturated heterocycles. The van der Waals surface area contributed by atoms with Crippen molar-refractivity contribution in [3.05, 3.63) is 12.7 Å². The normalized spacial score (nSPS) is 25.2. The van der Waals surface area contributed by atoms with Gasteiger partial charge < -0.3 is 5.73 Å². The molecular formula is C10H19N. The van der Waals surface area contributed by atoms with E-state index in [1.807, 2.05) is 6.08 Å². The standard InChI is InChI=1S/C10H19N/c1-2-10(11)8-6-4-3-5-7-9-10/h2H,1,3-9,11H2. The van der Waals surface area contributed by atoms with Crippen LogP contribution in [-0.4, -0.2) is 5.54 Å². The van der Waals surface area contributed by atoms with Gasteiger partial charge in [0.1, 0.15) is 0 Å². The van der Waals surface area contributed by atoms with Crippen LogP contribution in [0.15, 0.2) is 12.7 Å². The lowest BCUT2D eigenvalue weighted by atomic mass is 9.85. The van der Waals surface area contributed by atoms with Crippen LogP contribution in [0.2, 0.25) is 0 Å². The minimum Gasteiger partial charge on any atom is -0.322 e. The van der Waals surface area contributed by atoms with Crippen molar-refractivity contribution in [2.24, 2.45) is 5.73 Å². The summed E-state index contributed by atoms with van der Waals surface area (Å²) >= 11 is 0. The molecule has 0 aromatic rings. The number of rotatable bonds is 1. The molecule has 1 nitrogen and oxygen atoms in total. The van der Waals surface area contributed by atoms with E-state index in [1.165, 1.54) is 32.1 Å². The van der Waals surface area contributed by atoms with Crippen LogP contribution < -0.4 is 5.73 Å². The van der Waals surface area contributed by atoms with E-state index in [-0.39, 0.29) is 5.54 Å². The molecule has 64 valence electrons. The number of hydrogen-bond donors (Lipinski definition) is 1. The monoisotopic (exact) mass is 153 g/mol. The number of nitrogens with two attached hydrogens (primary N) is 1. The van der Waals surface area contributed by atoms with Crippen LogP contribution in [0.3, 0.4) is 0 Å². The predicted octanol–water partition coefficient (Wildman–Crippen LogP) is 2.61. The molecule has 0 radical (unpaired) electrons. The SMILES string of the molecule is C=CC1(N)CCCCCCC1. The van der Waals surface area contributed by atoms with Crippen LogP contribution in [0.25, 0.3) is 0 Å².